The summed E-state index contributed by atoms with van der Waals surface area (Å²) in [6.07, 6.45) is -1.62. The maximum Gasteiger partial charge on any atom is 0.330 e. The molecule has 1 unspecified atom stereocenters. The van der Waals surface area contributed by atoms with Gasteiger partial charge in [-0.1, -0.05) is 6.58 Å². The molecule has 140 valence electrons. The standard InChI is InChI=1S/C15H20O10/c1-2-13(20)25-10(9-24-15(22)6-4-12(18)19)7-8-23-14(21)5-3-11(16)17/h2,10H,1,3-9H2,(H,16,17)(H,18,19)/p-1. The van der Waals surface area contributed by atoms with Gasteiger partial charge in [0.05, 0.1) is 25.9 Å². The van der Waals surface area contributed by atoms with E-state index in [0.29, 0.717) is 0 Å². The second kappa shape index (κ2) is 12.5. The van der Waals surface area contributed by atoms with E-state index < -0.39 is 48.8 Å². The van der Waals surface area contributed by atoms with Crippen molar-refractivity contribution in [2.75, 3.05) is 13.2 Å². The molecule has 0 aromatic rings. The Bertz CT molecular complexity index is 510. The maximum atomic E-state index is 11.3. The van der Waals surface area contributed by atoms with Gasteiger partial charge in [-0.2, -0.15) is 0 Å². The van der Waals surface area contributed by atoms with E-state index in [9.17, 15) is 29.1 Å². The Labute approximate surface area is 143 Å². The summed E-state index contributed by atoms with van der Waals surface area (Å²) in [6.45, 7) is 2.66. The second-order valence-electron chi connectivity index (χ2n) is 4.72. The van der Waals surface area contributed by atoms with E-state index in [0.717, 1.165) is 6.08 Å². The van der Waals surface area contributed by atoms with Crippen LogP contribution in [0.5, 0.6) is 0 Å². The molecule has 0 rings (SSSR count). The van der Waals surface area contributed by atoms with Crippen LogP contribution in [0.1, 0.15) is 32.1 Å². The minimum atomic E-state index is -1.40. The van der Waals surface area contributed by atoms with Gasteiger partial charge in [-0.05, 0) is 6.42 Å². The zero-order valence-corrected chi connectivity index (χ0v) is 13.4. The van der Waals surface area contributed by atoms with Gasteiger partial charge in [0.25, 0.3) is 0 Å². The minimum Gasteiger partial charge on any atom is -0.550 e. The smallest absolute Gasteiger partial charge is 0.330 e. The highest BCUT2D eigenvalue weighted by Gasteiger charge is 2.17. The fourth-order valence-electron chi connectivity index (χ4n) is 1.44. The van der Waals surface area contributed by atoms with E-state index in [1.165, 1.54) is 0 Å². The van der Waals surface area contributed by atoms with Gasteiger partial charge in [0, 0.05) is 18.5 Å². The summed E-state index contributed by atoms with van der Waals surface area (Å²) in [6, 6.07) is 0. The highest BCUT2D eigenvalue weighted by atomic mass is 16.6. The lowest BCUT2D eigenvalue weighted by atomic mass is 10.2. The van der Waals surface area contributed by atoms with Crippen LogP contribution in [-0.2, 0) is 38.2 Å². The summed E-state index contributed by atoms with van der Waals surface area (Å²) >= 11 is 0. The predicted octanol–water partition coefficient (Wildman–Crippen LogP) is -1.04. The highest BCUT2D eigenvalue weighted by molar-refractivity contribution is 5.81. The van der Waals surface area contributed by atoms with Gasteiger partial charge in [-0.15, -0.1) is 0 Å². The number of carboxylic acid groups (broad SMARTS) is 2. The summed E-state index contributed by atoms with van der Waals surface area (Å²) in [4.78, 5) is 54.4. The number of ether oxygens (including phenoxy) is 3. The number of hydrogen-bond acceptors (Lipinski definition) is 9. The fraction of sp³-hybridized carbons (Fsp3) is 0.533. The van der Waals surface area contributed by atoms with Crippen LogP contribution >= 0.6 is 0 Å². The Morgan fingerprint density at radius 3 is 2.16 bits per heavy atom. The molecule has 0 spiro atoms. The lowest BCUT2D eigenvalue weighted by Gasteiger charge is -2.17. The van der Waals surface area contributed by atoms with Crippen molar-refractivity contribution in [3.8, 4) is 0 Å². The highest BCUT2D eigenvalue weighted by Crippen LogP contribution is 2.05. The lowest BCUT2D eigenvalue weighted by Crippen LogP contribution is -2.27. The Hall–Kier alpha value is -2.91. The first-order chi connectivity index (χ1) is 11.7. The van der Waals surface area contributed by atoms with Crippen LogP contribution in [0.4, 0.5) is 0 Å². The van der Waals surface area contributed by atoms with Crippen LogP contribution in [-0.4, -0.2) is 54.3 Å². The maximum absolute atomic E-state index is 11.3. The van der Waals surface area contributed by atoms with Crippen molar-refractivity contribution >= 4 is 29.8 Å². The molecule has 0 aromatic carbocycles. The van der Waals surface area contributed by atoms with E-state index >= 15 is 0 Å². The van der Waals surface area contributed by atoms with Crippen molar-refractivity contribution in [3.63, 3.8) is 0 Å². The molecule has 1 N–H and O–H groups in total. The lowest BCUT2D eigenvalue weighted by molar-refractivity contribution is -0.305. The topological polar surface area (TPSA) is 156 Å². The van der Waals surface area contributed by atoms with E-state index in [1.54, 1.807) is 0 Å². The molecule has 0 fully saturated rings. The summed E-state index contributed by atoms with van der Waals surface area (Å²) in [5, 5.41) is 18.7. The Kier molecular flexibility index (Phi) is 11.0. The first-order valence-electron chi connectivity index (χ1n) is 7.30. The molecule has 10 nitrogen and oxygen atoms in total. The van der Waals surface area contributed by atoms with Gasteiger partial charge in [0.15, 0.2) is 0 Å². The van der Waals surface area contributed by atoms with Crippen molar-refractivity contribution in [1.29, 1.82) is 0 Å². The third-order valence-corrected chi connectivity index (χ3v) is 2.66. The van der Waals surface area contributed by atoms with Crippen molar-refractivity contribution in [3.05, 3.63) is 12.7 Å². The molecule has 0 amide bonds. The largest absolute Gasteiger partial charge is 0.550 e. The summed E-state index contributed by atoms with van der Waals surface area (Å²) in [5.41, 5.74) is 0. The van der Waals surface area contributed by atoms with E-state index in [-0.39, 0.29) is 32.5 Å². The number of carboxylic acids is 2. The average molecular weight is 359 g/mol. The Morgan fingerprint density at radius 2 is 1.60 bits per heavy atom. The van der Waals surface area contributed by atoms with Crippen molar-refractivity contribution in [1.82, 2.24) is 0 Å². The molecule has 0 aliphatic heterocycles. The summed E-state index contributed by atoms with van der Waals surface area (Å²) in [7, 11) is 0. The number of rotatable bonds is 13. The number of carbonyl (C=O) groups is 5. The molecule has 0 aromatic heterocycles. The monoisotopic (exact) mass is 359 g/mol. The molecule has 0 saturated carbocycles. The van der Waals surface area contributed by atoms with Crippen molar-refractivity contribution < 1.29 is 48.4 Å². The average Bonchev–Trinajstić information content (AvgIpc) is 2.55. The van der Waals surface area contributed by atoms with E-state index in [2.05, 4.69) is 6.58 Å². The van der Waals surface area contributed by atoms with Crippen LogP contribution in [0.2, 0.25) is 0 Å². The molecule has 0 heterocycles. The van der Waals surface area contributed by atoms with Crippen molar-refractivity contribution in [2.24, 2.45) is 0 Å². The molecular weight excluding hydrogens is 340 g/mol. The molecule has 0 bridgehead atoms. The first-order valence-corrected chi connectivity index (χ1v) is 7.30. The zero-order valence-electron chi connectivity index (χ0n) is 13.4. The molecule has 0 saturated heterocycles. The van der Waals surface area contributed by atoms with Gasteiger partial charge >= 0.3 is 23.9 Å². The number of carbonyl (C=O) groups excluding carboxylic acids is 4. The van der Waals surface area contributed by atoms with Crippen molar-refractivity contribution in [2.45, 2.75) is 38.2 Å². The quantitative estimate of drug-likeness (QED) is 0.244. The van der Waals surface area contributed by atoms with Gasteiger partial charge in [-0.25, -0.2) is 4.79 Å². The van der Waals surface area contributed by atoms with Crippen LogP contribution in [0.3, 0.4) is 0 Å². The number of esters is 3. The number of aliphatic carboxylic acids is 2. The fourth-order valence-corrected chi connectivity index (χ4v) is 1.44. The van der Waals surface area contributed by atoms with Gasteiger partial charge in [0.2, 0.25) is 0 Å². The summed E-state index contributed by atoms with van der Waals surface area (Å²) < 4.78 is 14.5. The van der Waals surface area contributed by atoms with Crippen LogP contribution < -0.4 is 5.11 Å². The molecule has 0 aliphatic rings. The minimum absolute atomic E-state index is 0.00778. The molecular formula is C15H19O10-. The van der Waals surface area contributed by atoms with Crippen LogP contribution in [0.25, 0.3) is 0 Å². The molecule has 25 heavy (non-hydrogen) atoms. The third kappa shape index (κ3) is 13.2. The van der Waals surface area contributed by atoms with Crippen LogP contribution in [0, 0.1) is 0 Å². The predicted molar refractivity (Wildman–Crippen MR) is 77.7 cm³/mol. The summed E-state index contributed by atoms with van der Waals surface area (Å²) in [5.74, 6) is -4.88. The first kappa shape index (κ1) is 22.1. The normalized spacial score (nSPS) is 11.0. The molecule has 0 aliphatic carbocycles. The molecule has 1 atom stereocenters. The zero-order chi connectivity index (χ0) is 19.2. The van der Waals surface area contributed by atoms with Gasteiger partial charge in [-0.3, -0.25) is 14.4 Å². The van der Waals surface area contributed by atoms with E-state index in [1.807, 2.05) is 0 Å². The van der Waals surface area contributed by atoms with Crippen LogP contribution in [0.15, 0.2) is 12.7 Å². The second-order valence-corrected chi connectivity index (χ2v) is 4.72. The van der Waals surface area contributed by atoms with E-state index in [4.69, 9.17) is 19.3 Å². The SMILES string of the molecule is C=CC(=O)OC(CCOC(=O)CCC(=O)O)COC(=O)CCC(=O)[O-]. The molecule has 0 radical (unpaired) electrons. The van der Waals surface area contributed by atoms with Gasteiger partial charge < -0.3 is 29.2 Å². The third-order valence-electron chi connectivity index (χ3n) is 2.66. The number of hydrogen-bond donors (Lipinski definition) is 1. The molecule has 10 heteroatoms. The Balaban J connectivity index is 4.29. The van der Waals surface area contributed by atoms with Gasteiger partial charge in [0.1, 0.15) is 12.7 Å². The Morgan fingerprint density at radius 1 is 1.00 bits per heavy atom.